The first-order chi connectivity index (χ1) is 26.8. The summed E-state index contributed by atoms with van der Waals surface area (Å²) in [6, 6.07) is 44.5. The van der Waals surface area contributed by atoms with E-state index < -0.39 is 0 Å². The number of para-hydroxylation sites is 2. The molecule has 3 aliphatic carbocycles. The van der Waals surface area contributed by atoms with Crippen molar-refractivity contribution >= 4 is 39.1 Å². The Balaban J connectivity index is 0.867. The van der Waals surface area contributed by atoms with Gasteiger partial charge in [0.05, 0.1) is 12.1 Å². The molecule has 0 saturated heterocycles. The van der Waals surface area contributed by atoms with E-state index in [-0.39, 0.29) is 6.04 Å². The lowest BCUT2D eigenvalue weighted by atomic mass is 9.77. The van der Waals surface area contributed by atoms with E-state index in [4.69, 9.17) is 0 Å². The highest BCUT2D eigenvalue weighted by atomic mass is 15.2. The third-order valence-corrected chi connectivity index (χ3v) is 13.0. The van der Waals surface area contributed by atoms with E-state index in [2.05, 4.69) is 191 Å². The third kappa shape index (κ3) is 5.28. The van der Waals surface area contributed by atoms with Gasteiger partial charge < -0.3 is 15.1 Å². The van der Waals surface area contributed by atoms with Crippen molar-refractivity contribution < 1.29 is 0 Å². The molecule has 5 aromatic rings. The summed E-state index contributed by atoms with van der Waals surface area (Å²) in [4.78, 5) is 5.18. The van der Waals surface area contributed by atoms with Crippen molar-refractivity contribution in [1.82, 2.24) is 5.32 Å². The standard InChI is InChI=1S/C51H45N3/c1-2-12-35(13-3-1)46-17-10-18-47(52-46)36-22-26-40(27-23-36)53-48-19-8-6-15-42(48)44-32-38(24-29-50(44)53)39-25-30-51-45(33-39)43-16-7-9-20-49(43)54(51)41-28-21-34-11-4-5-14-37(34)31-41/h1-12,14-17,19-23,25-28,30-33,35,38,45-47,50-52H,13,18,24,29H2. The summed E-state index contributed by atoms with van der Waals surface area (Å²) in [7, 11) is 0. The Labute approximate surface area is 319 Å². The van der Waals surface area contributed by atoms with E-state index in [1.807, 2.05) is 0 Å². The highest BCUT2D eigenvalue weighted by Gasteiger charge is 2.41. The van der Waals surface area contributed by atoms with Gasteiger partial charge in [0.15, 0.2) is 0 Å². The van der Waals surface area contributed by atoms with Crippen LogP contribution in [-0.4, -0.2) is 18.1 Å². The second-order valence-corrected chi connectivity index (χ2v) is 15.9. The van der Waals surface area contributed by atoms with E-state index in [0.717, 1.165) is 25.7 Å². The quantitative estimate of drug-likeness (QED) is 0.184. The van der Waals surface area contributed by atoms with Crippen LogP contribution in [0.5, 0.6) is 0 Å². The fourth-order valence-electron chi connectivity index (χ4n) is 10.3. The Morgan fingerprint density at radius 3 is 2.31 bits per heavy atom. The second-order valence-electron chi connectivity index (χ2n) is 15.9. The molecule has 3 heterocycles. The predicted molar refractivity (Wildman–Crippen MR) is 226 cm³/mol. The molecule has 7 unspecified atom stereocenters. The first-order valence-corrected chi connectivity index (χ1v) is 20.0. The van der Waals surface area contributed by atoms with Gasteiger partial charge in [0.25, 0.3) is 0 Å². The minimum Gasteiger partial charge on any atom is -0.333 e. The maximum atomic E-state index is 3.95. The summed E-state index contributed by atoms with van der Waals surface area (Å²) in [6.45, 7) is 0. The van der Waals surface area contributed by atoms with Crippen molar-refractivity contribution in [2.24, 2.45) is 11.8 Å². The van der Waals surface area contributed by atoms with Crippen molar-refractivity contribution in [2.45, 2.75) is 55.8 Å². The lowest BCUT2D eigenvalue weighted by Crippen LogP contribution is -2.39. The van der Waals surface area contributed by atoms with Gasteiger partial charge in [-0.2, -0.15) is 0 Å². The van der Waals surface area contributed by atoms with Crippen molar-refractivity contribution in [2.75, 3.05) is 9.80 Å². The molecule has 0 saturated carbocycles. The molecule has 0 radical (unpaired) electrons. The minimum atomic E-state index is 0.272. The van der Waals surface area contributed by atoms with Gasteiger partial charge in [-0.25, -0.2) is 0 Å². The van der Waals surface area contributed by atoms with Gasteiger partial charge in [0, 0.05) is 52.2 Å². The smallest absolute Gasteiger partial charge is 0.0629 e. The van der Waals surface area contributed by atoms with Gasteiger partial charge in [-0.1, -0.05) is 140 Å². The Morgan fingerprint density at radius 1 is 0.611 bits per heavy atom. The normalized spacial score (nSPS) is 27.7. The summed E-state index contributed by atoms with van der Waals surface area (Å²) < 4.78 is 0. The monoisotopic (exact) mass is 699 g/mol. The zero-order chi connectivity index (χ0) is 35.6. The molecular weight excluding hydrogens is 655 g/mol. The average Bonchev–Trinajstić information content (AvgIpc) is 3.76. The van der Waals surface area contributed by atoms with E-state index >= 15 is 0 Å². The zero-order valence-corrected chi connectivity index (χ0v) is 30.5. The topological polar surface area (TPSA) is 18.5 Å². The largest absolute Gasteiger partial charge is 0.333 e. The molecule has 0 spiro atoms. The number of nitrogens with zero attached hydrogens (tertiary/aromatic N) is 2. The molecule has 3 nitrogen and oxygen atoms in total. The van der Waals surface area contributed by atoms with Crippen LogP contribution in [0.25, 0.3) is 16.3 Å². The number of fused-ring (bicyclic) bond motifs is 7. The molecule has 54 heavy (non-hydrogen) atoms. The van der Waals surface area contributed by atoms with Gasteiger partial charge in [-0.15, -0.1) is 0 Å². The van der Waals surface area contributed by atoms with E-state index in [0.29, 0.717) is 35.9 Å². The van der Waals surface area contributed by atoms with Crippen molar-refractivity contribution in [3.8, 4) is 0 Å². The van der Waals surface area contributed by atoms with Crippen LogP contribution < -0.4 is 15.1 Å². The Bertz CT molecular complexity index is 2440. The van der Waals surface area contributed by atoms with Gasteiger partial charge in [-0.3, -0.25) is 0 Å². The average molecular weight is 700 g/mol. The minimum absolute atomic E-state index is 0.272. The van der Waals surface area contributed by atoms with E-state index in [9.17, 15) is 0 Å². The summed E-state index contributed by atoms with van der Waals surface area (Å²) >= 11 is 0. The van der Waals surface area contributed by atoms with Gasteiger partial charge in [0.1, 0.15) is 0 Å². The van der Waals surface area contributed by atoms with Crippen molar-refractivity contribution in [3.05, 3.63) is 198 Å². The molecule has 264 valence electrons. The van der Waals surface area contributed by atoms with Crippen LogP contribution in [0.3, 0.4) is 0 Å². The summed E-state index contributed by atoms with van der Waals surface area (Å²) in [5.74, 6) is 1.25. The molecule has 5 aromatic carbocycles. The molecule has 7 atom stereocenters. The first-order valence-electron chi connectivity index (χ1n) is 20.0. The molecule has 1 N–H and O–H groups in total. The van der Waals surface area contributed by atoms with Crippen LogP contribution in [0.1, 0.15) is 54.3 Å². The second kappa shape index (κ2) is 13.0. The highest BCUT2D eigenvalue weighted by molar-refractivity contribution is 5.93. The van der Waals surface area contributed by atoms with E-state index in [1.54, 1.807) is 0 Å². The van der Waals surface area contributed by atoms with Crippen LogP contribution in [0.2, 0.25) is 0 Å². The molecule has 0 bridgehead atoms. The fourth-order valence-corrected chi connectivity index (χ4v) is 10.3. The lowest BCUT2D eigenvalue weighted by Gasteiger charge is -2.35. The number of nitrogens with one attached hydrogen (secondary N) is 1. The first kappa shape index (κ1) is 31.8. The van der Waals surface area contributed by atoms with Gasteiger partial charge >= 0.3 is 0 Å². The summed E-state index contributed by atoms with van der Waals surface area (Å²) in [6.07, 6.45) is 28.3. The molecule has 3 heteroatoms. The molecule has 11 rings (SSSR count). The SMILES string of the molecule is C1=CCC(C2C=CCC(c3ccc(N4c5ccccc5C5=CC(C6=CC7c8ccccc8N(c8ccc9ccccc9c8)C7C=C6)CCC54)cc3)N2)C=C1. The molecule has 3 aliphatic heterocycles. The maximum Gasteiger partial charge on any atom is 0.0629 e. The maximum absolute atomic E-state index is 3.95. The molecule has 0 amide bonds. The fraction of sp³-hybridized carbons (Fsp3) is 0.216. The number of hydrogen-bond acceptors (Lipinski definition) is 3. The van der Waals surface area contributed by atoms with Crippen LogP contribution >= 0.6 is 0 Å². The molecule has 0 aromatic heterocycles. The summed E-state index contributed by atoms with van der Waals surface area (Å²) in [5.41, 5.74) is 12.4. The third-order valence-electron chi connectivity index (χ3n) is 13.0. The zero-order valence-electron chi connectivity index (χ0n) is 30.5. The van der Waals surface area contributed by atoms with Crippen LogP contribution in [0.15, 0.2) is 182 Å². The Hall–Kier alpha value is -5.64. The lowest BCUT2D eigenvalue weighted by molar-refractivity contribution is 0.396. The highest BCUT2D eigenvalue weighted by Crippen LogP contribution is 2.53. The van der Waals surface area contributed by atoms with Crippen molar-refractivity contribution in [3.63, 3.8) is 0 Å². The van der Waals surface area contributed by atoms with E-state index in [1.165, 1.54) is 61.4 Å². The Kier molecular flexibility index (Phi) is 7.69. The van der Waals surface area contributed by atoms with Gasteiger partial charge in [-0.05, 0) is 101 Å². The molecule has 6 aliphatic rings. The molecule has 0 fully saturated rings. The number of rotatable bonds is 5. The number of benzene rings is 5. The predicted octanol–water partition coefficient (Wildman–Crippen LogP) is 12.0. The van der Waals surface area contributed by atoms with Gasteiger partial charge in [0.2, 0.25) is 0 Å². The van der Waals surface area contributed by atoms with Crippen LogP contribution in [-0.2, 0) is 0 Å². The van der Waals surface area contributed by atoms with Crippen LogP contribution in [0, 0.1) is 11.8 Å². The summed E-state index contributed by atoms with van der Waals surface area (Å²) in [5, 5.41) is 6.53. The number of hydrogen-bond donors (Lipinski definition) is 1. The number of allylic oxidation sites excluding steroid dienone is 6. The van der Waals surface area contributed by atoms with Crippen molar-refractivity contribution in [1.29, 1.82) is 0 Å². The number of anilines is 4. The van der Waals surface area contributed by atoms with Crippen LogP contribution in [0.4, 0.5) is 22.7 Å². The Morgan fingerprint density at radius 2 is 1.43 bits per heavy atom. The molecular formula is C51H45N3.